The minimum Gasteiger partial charge on any atom is -0.467 e. The van der Waals surface area contributed by atoms with Gasteiger partial charge in [0, 0.05) is 43.7 Å². The van der Waals surface area contributed by atoms with E-state index in [1.54, 1.807) is 42.7 Å². The van der Waals surface area contributed by atoms with Crippen LogP contribution in [0.3, 0.4) is 0 Å². The molecule has 0 bridgehead atoms. The minimum absolute atomic E-state index is 0.00565. The van der Waals surface area contributed by atoms with Crippen LogP contribution in [0.15, 0.2) is 30.3 Å². The lowest BCUT2D eigenvalue weighted by atomic mass is 9.85. The molecular weight excluding hydrogens is 951 g/mol. The van der Waals surface area contributed by atoms with Gasteiger partial charge in [0.25, 0.3) is 0 Å². The molecule has 2 aliphatic carbocycles. The van der Waals surface area contributed by atoms with Crippen LogP contribution < -0.4 is 37.2 Å². The summed E-state index contributed by atoms with van der Waals surface area (Å²) in [6.07, 6.45) is -0.567. The van der Waals surface area contributed by atoms with Gasteiger partial charge in [-0.15, -0.1) is 0 Å². The number of carbonyl (C=O) groups excluding carboxylic acids is 8. The number of carbonyl (C=O) groups is 8. The Bertz CT molecular complexity index is 2200. The summed E-state index contributed by atoms with van der Waals surface area (Å²) in [6.45, 7) is 34.0. The number of methoxy groups -OCH3 is 2. The van der Waals surface area contributed by atoms with Gasteiger partial charge in [-0.25, -0.2) is 28.8 Å². The number of hydrogen-bond donors (Lipinski definition) is 7. The second kappa shape index (κ2) is 23.4. The molecular formula is C54H89N9O11. The van der Waals surface area contributed by atoms with E-state index < -0.39 is 76.7 Å². The van der Waals surface area contributed by atoms with Crippen LogP contribution in [-0.4, -0.2) is 140 Å². The molecule has 2 heterocycles. The van der Waals surface area contributed by atoms with Crippen LogP contribution in [0.4, 0.5) is 24.9 Å². The fourth-order valence-electron chi connectivity index (χ4n) is 10.4. The molecule has 416 valence electrons. The van der Waals surface area contributed by atoms with E-state index in [-0.39, 0.29) is 83.3 Å². The first-order valence-electron chi connectivity index (χ1n) is 26.0. The second-order valence-corrected chi connectivity index (χ2v) is 25.4. The molecule has 2 unspecified atom stereocenters. The van der Waals surface area contributed by atoms with Crippen molar-refractivity contribution >= 4 is 53.6 Å². The number of likely N-dealkylation sites (tertiary alicyclic amines) is 2. The van der Waals surface area contributed by atoms with E-state index in [1.165, 1.54) is 14.2 Å². The maximum absolute atomic E-state index is 13.8. The molecule has 2 saturated carbocycles. The molecule has 9 amide bonds. The molecule has 4 fully saturated rings. The summed E-state index contributed by atoms with van der Waals surface area (Å²) in [5.41, 5.74) is -1.24. The van der Waals surface area contributed by atoms with E-state index in [9.17, 15) is 38.4 Å². The Morgan fingerprint density at radius 2 is 0.959 bits per heavy atom. The normalized spacial score (nSPS) is 23.7. The average Bonchev–Trinajstić information content (AvgIpc) is 3.73. The highest BCUT2D eigenvalue weighted by Crippen LogP contribution is 2.66. The number of urea groups is 3. The van der Waals surface area contributed by atoms with Gasteiger partial charge in [0.2, 0.25) is 11.8 Å². The van der Waals surface area contributed by atoms with Crippen molar-refractivity contribution in [3.05, 3.63) is 30.3 Å². The Morgan fingerprint density at radius 1 is 0.581 bits per heavy atom. The molecule has 74 heavy (non-hydrogen) atoms. The van der Waals surface area contributed by atoms with E-state index in [2.05, 4.69) is 64.9 Å². The Morgan fingerprint density at radius 3 is 1.30 bits per heavy atom. The monoisotopic (exact) mass is 1040 g/mol. The molecule has 20 heteroatoms. The average molecular weight is 1040 g/mol. The van der Waals surface area contributed by atoms with Gasteiger partial charge in [0.1, 0.15) is 29.8 Å². The summed E-state index contributed by atoms with van der Waals surface area (Å²) in [7, 11) is 2.67. The number of benzene rings is 1. The predicted octanol–water partition coefficient (Wildman–Crippen LogP) is 6.11. The number of para-hydroxylation sites is 1. The number of rotatable bonds is 15. The molecule has 7 N–H and O–H groups in total. The lowest BCUT2D eigenvalue weighted by Gasteiger charge is -2.37. The van der Waals surface area contributed by atoms with Crippen LogP contribution in [0, 0.1) is 57.2 Å². The highest BCUT2D eigenvalue weighted by Gasteiger charge is 2.71. The smallest absolute Gasteiger partial charge is 0.407 e. The number of ether oxygens (including phenoxy) is 3. The van der Waals surface area contributed by atoms with Crippen molar-refractivity contribution in [2.24, 2.45) is 57.2 Å². The van der Waals surface area contributed by atoms with E-state index in [1.807, 2.05) is 87.4 Å². The number of amides is 9. The van der Waals surface area contributed by atoms with Crippen LogP contribution in [0.2, 0.25) is 0 Å². The van der Waals surface area contributed by atoms with Crippen LogP contribution in [0.25, 0.3) is 0 Å². The third-order valence-electron chi connectivity index (χ3n) is 15.3. The van der Waals surface area contributed by atoms with Crippen LogP contribution in [0.1, 0.15) is 118 Å². The summed E-state index contributed by atoms with van der Waals surface area (Å²) in [6, 6.07) is 3.85. The van der Waals surface area contributed by atoms with Crippen LogP contribution in [-0.2, 0) is 33.4 Å². The fraction of sp³-hybridized carbons (Fsp3) is 0.741. The molecule has 1 aromatic carbocycles. The van der Waals surface area contributed by atoms with Gasteiger partial charge in [-0.3, -0.25) is 9.59 Å². The van der Waals surface area contributed by atoms with Gasteiger partial charge in [0.05, 0.1) is 26.3 Å². The maximum Gasteiger partial charge on any atom is 0.407 e. The molecule has 4 aliphatic rings. The molecule has 10 atom stereocenters. The summed E-state index contributed by atoms with van der Waals surface area (Å²) < 4.78 is 15.3. The summed E-state index contributed by atoms with van der Waals surface area (Å²) >= 11 is 0. The number of nitrogens with zero attached hydrogens (tertiary/aromatic N) is 2. The van der Waals surface area contributed by atoms with E-state index in [0.717, 1.165) is 0 Å². The van der Waals surface area contributed by atoms with Crippen molar-refractivity contribution in [1.29, 1.82) is 0 Å². The van der Waals surface area contributed by atoms with Crippen molar-refractivity contribution in [3.8, 4) is 0 Å². The molecule has 2 aliphatic heterocycles. The summed E-state index contributed by atoms with van der Waals surface area (Å²) in [5.74, 6) is -0.882. The van der Waals surface area contributed by atoms with Gasteiger partial charge < -0.3 is 61.2 Å². The SMILES string of the molecule is COC(=O)[C@@H]1[C@@H]2[C@H](CN1C(=O)[C@@H](NC(=O)NC(CNC(=O)Nc1ccccc1)C(C)C)C(C)(C)C)C2(C)C.COC(=O)[C@@H]1[C@@H]2[C@H](CN1C(=O)[C@@H](NC(=O)NC(CNC(=O)OC(C)(C)C)C(C)C)C(C)(C)C)C2(C)C. The zero-order chi connectivity index (χ0) is 56.2. The third-order valence-corrected chi connectivity index (χ3v) is 15.3. The number of nitrogens with one attached hydrogen (secondary N) is 7. The van der Waals surface area contributed by atoms with Gasteiger partial charge >= 0.3 is 36.1 Å². The van der Waals surface area contributed by atoms with E-state index in [4.69, 9.17) is 14.2 Å². The summed E-state index contributed by atoms with van der Waals surface area (Å²) in [5, 5.41) is 19.7. The van der Waals surface area contributed by atoms with Crippen LogP contribution >= 0.6 is 0 Å². The largest absolute Gasteiger partial charge is 0.467 e. The number of fused-ring (bicyclic) bond motifs is 2. The number of esters is 2. The molecule has 0 aromatic heterocycles. The molecule has 2 saturated heterocycles. The highest BCUT2D eigenvalue weighted by molar-refractivity contribution is 5.94. The van der Waals surface area contributed by atoms with Crippen molar-refractivity contribution in [2.45, 2.75) is 160 Å². The number of piperidine rings is 2. The zero-order valence-electron chi connectivity index (χ0n) is 47.5. The van der Waals surface area contributed by atoms with E-state index in [0.29, 0.717) is 18.8 Å². The number of anilines is 1. The minimum atomic E-state index is -0.864. The second-order valence-electron chi connectivity index (χ2n) is 25.4. The first-order chi connectivity index (χ1) is 34.0. The first kappa shape index (κ1) is 60.7. The van der Waals surface area contributed by atoms with Crippen molar-refractivity contribution in [1.82, 2.24) is 41.7 Å². The molecule has 1 aromatic rings. The standard InChI is InChI=1S/C28H43N5O5.C26H46N4O6/c1-16(2)19(14-29-25(36)30-17-12-10-9-11-13-17)31-26(37)32-22(27(3,4)5)23(34)33-15-18-20(28(18,6)7)21(33)24(35)38-8;1-14(2)16(12-27-23(34)36-25(6,7)8)28-22(33)29-19(24(3,4)5)20(31)30-13-15-17(26(15,9)10)18(30)21(32)35-11/h9-13,16,18-22H,14-15H2,1-8H3,(H2,29,30,36)(H2,31,32,37);14-19H,12-13H2,1-11H3,(H,27,34)(H2,28,29,33)/t18-,19?,20-,21-,22+;15-,16?,17-,18-,19+/m00/s1. The Kier molecular flexibility index (Phi) is 19.2. The van der Waals surface area contributed by atoms with Crippen LogP contribution in [0.5, 0.6) is 0 Å². The quantitative estimate of drug-likeness (QED) is 0.0780. The van der Waals surface area contributed by atoms with E-state index >= 15 is 0 Å². The molecule has 5 rings (SSSR count). The maximum atomic E-state index is 13.8. The Hall–Kier alpha value is -5.82. The number of hydrogen-bond acceptors (Lipinski definition) is 11. The fourth-order valence-corrected chi connectivity index (χ4v) is 10.4. The van der Waals surface area contributed by atoms with Gasteiger partial charge in [0.15, 0.2) is 0 Å². The topological polar surface area (TPSA) is 255 Å². The Labute approximate surface area is 439 Å². The van der Waals surface area contributed by atoms with Crippen molar-refractivity contribution in [3.63, 3.8) is 0 Å². The highest BCUT2D eigenvalue weighted by atomic mass is 16.6. The number of alkyl carbamates (subject to hydrolysis) is 1. The predicted molar refractivity (Wildman–Crippen MR) is 281 cm³/mol. The molecule has 0 spiro atoms. The molecule has 20 nitrogen and oxygen atoms in total. The zero-order valence-corrected chi connectivity index (χ0v) is 47.5. The lowest BCUT2D eigenvalue weighted by Crippen LogP contribution is -2.61. The van der Waals surface area contributed by atoms with Gasteiger partial charge in [-0.1, -0.05) is 115 Å². The lowest BCUT2D eigenvalue weighted by molar-refractivity contribution is -0.154. The van der Waals surface area contributed by atoms with Crippen molar-refractivity contribution < 1.29 is 52.6 Å². The van der Waals surface area contributed by atoms with Gasteiger partial charge in [-0.2, -0.15) is 0 Å². The first-order valence-corrected chi connectivity index (χ1v) is 26.0. The van der Waals surface area contributed by atoms with Crippen molar-refractivity contribution in [2.75, 3.05) is 45.7 Å². The Balaban J connectivity index is 0.000000321. The molecule has 0 radical (unpaired) electrons. The van der Waals surface area contributed by atoms with Gasteiger partial charge in [-0.05, 0) is 78.2 Å². The third kappa shape index (κ3) is 14.9. The summed E-state index contributed by atoms with van der Waals surface area (Å²) in [4.78, 5) is 106.